The molecule has 4 amide bonds. The molecule has 0 radical (unpaired) electrons. The van der Waals surface area contributed by atoms with Gasteiger partial charge in [0.05, 0.1) is 25.2 Å². The summed E-state index contributed by atoms with van der Waals surface area (Å²) in [5.74, 6) is 0.416. The van der Waals surface area contributed by atoms with E-state index in [-0.39, 0.29) is 11.6 Å². The summed E-state index contributed by atoms with van der Waals surface area (Å²) in [5.41, 5.74) is 1.53. The summed E-state index contributed by atoms with van der Waals surface area (Å²) in [6.07, 6.45) is 1.66. The van der Waals surface area contributed by atoms with Gasteiger partial charge < -0.3 is 14.8 Å². The van der Waals surface area contributed by atoms with E-state index >= 15 is 0 Å². The number of nitrogens with zero attached hydrogens (tertiary/aromatic N) is 2. The largest absolute Gasteiger partial charge is 0.497 e. The molecule has 0 bridgehead atoms. The second-order valence-corrected chi connectivity index (χ2v) is 8.18. The zero-order valence-electron chi connectivity index (χ0n) is 18.6. The number of thioether (sulfide) groups is 1. The van der Waals surface area contributed by atoms with Crippen LogP contribution in [-0.4, -0.2) is 49.5 Å². The zero-order valence-corrected chi connectivity index (χ0v) is 19.4. The Morgan fingerprint density at radius 2 is 1.79 bits per heavy atom. The molecule has 1 unspecified atom stereocenters. The lowest BCUT2D eigenvalue weighted by Crippen LogP contribution is -2.42. The average Bonchev–Trinajstić information content (AvgIpc) is 3.13. The predicted molar refractivity (Wildman–Crippen MR) is 129 cm³/mol. The fourth-order valence-corrected chi connectivity index (χ4v) is 3.83. The van der Waals surface area contributed by atoms with Crippen LogP contribution >= 0.6 is 11.8 Å². The van der Waals surface area contributed by atoms with Crippen LogP contribution < -0.4 is 25.0 Å². The van der Waals surface area contributed by atoms with Crippen LogP contribution in [0.15, 0.2) is 59.2 Å². The number of carbonyl (C=O) groups is 3. The van der Waals surface area contributed by atoms with Crippen LogP contribution in [0.1, 0.15) is 12.5 Å². The lowest BCUT2D eigenvalue weighted by molar-refractivity contribution is -0.119. The third-order valence-corrected chi connectivity index (χ3v) is 5.73. The van der Waals surface area contributed by atoms with Crippen molar-refractivity contribution >= 4 is 46.5 Å². The highest BCUT2D eigenvalue weighted by Crippen LogP contribution is 2.33. The van der Waals surface area contributed by atoms with E-state index in [1.807, 2.05) is 12.1 Å². The number of urea groups is 1. The van der Waals surface area contributed by atoms with E-state index in [1.54, 1.807) is 56.5 Å². The topological polar surface area (TPSA) is 109 Å². The number of nitrogens with one attached hydrogen (secondary N) is 2. The van der Waals surface area contributed by atoms with Gasteiger partial charge in [0.25, 0.3) is 5.91 Å². The molecule has 0 aliphatic carbocycles. The van der Waals surface area contributed by atoms with Crippen LogP contribution in [0.25, 0.3) is 6.08 Å². The van der Waals surface area contributed by atoms with Gasteiger partial charge in [0.2, 0.25) is 5.91 Å². The first-order valence-corrected chi connectivity index (χ1v) is 10.9. The fourth-order valence-electron chi connectivity index (χ4n) is 2.90. The monoisotopic (exact) mass is 468 g/mol. The maximum atomic E-state index is 13.3. The number of ether oxygens (including phenoxy) is 2. The molecular formula is C23H24N4O5S. The van der Waals surface area contributed by atoms with Gasteiger partial charge in [-0.25, -0.2) is 9.79 Å². The van der Waals surface area contributed by atoms with Crippen molar-refractivity contribution in [3.63, 3.8) is 0 Å². The Bertz CT molecular complexity index is 1110. The molecule has 0 saturated heterocycles. The van der Waals surface area contributed by atoms with Gasteiger partial charge in [0.15, 0.2) is 5.17 Å². The molecule has 2 N–H and O–H groups in total. The second kappa shape index (κ2) is 10.7. The molecule has 1 aliphatic rings. The number of amides is 4. The van der Waals surface area contributed by atoms with Crippen molar-refractivity contribution in [3.8, 4) is 11.5 Å². The first-order valence-electron chi connectivity index (χ1n) is 9.98. The van der Waals surface area contributed by atoms with E-state index in [1.165, 1.54) is 19.1 Å². The van der Waals surface area contributed by atoms with Crippen LogP contribution in [0, 0.1) is 0 Å². The molecule has 9 nitrogen and oxygen atoms in total. The first kappa shape index (κ1) is 23.9. The summed E-state index contributed by atoms with van der Waals surface area (Å²) in [7, 11) is 4.53. The highest BCUT2D eigenvalue weighted by Gasteiger charge is 2.34. The molecule has 0 fully saturated rings. The number of hydrogen-bond acceptors (Lipinski definition) is 7. The van der Waals surface area contributed by atoms with Crippen LogP contribution in [-0.2, 0) is 9.59 Å². The van der Waals surface area contributed by atoms with Gasteiger partial charge in [-0.3, -0.25) is 19.8 Å². The molecule has 1 atom stereocenters. The van der Waals surface area contributed by atoms with Crippen LogP contribution in [0.5, 0.6) is 11.5 Å². The van der Waals surface area contributed by atoms with Gasteiger partial charge in [-0.1, -0.05) is 30.0 Å². The van der Waals surface area contributed by atoms with E-state index in [2.05, 4.69) is 15.6 Å². The Balaban J connectivity index is 1.94. The Kier molecular flexibility index (Phi) is 7.73. The highest BCUT2D eigenvalue weighted by atomic mass is 32.2. The zero-order chi connectivity index (χ0) is 24.0. The number of benzene rings is 2. The van der Waals surface area contributed by atoms with E-state index in [4.69, 9.17) is 9.47 Å². The standard InChI is InChI=1S/C23H24N4O5S/c1-14(20(28)26-22(30)24-2)33-23-25-19(12-15-8-10-17(31-3)11-9-15)21(29)27(23)16-6-5-7-18(13-16)32-4/h5-14H,1-4H3,(H2,24,26,28,30)/b19-12-. The summed E-state index contributed by atoms with van der Waals surface area (Å²) in [4.78, 5) is 43.1. The van der Waals surface area contributed by atoms with Gasteiger partial charge in [0, 0.05) is 13.1 Å². The Morgan fingerprint density at radius 3 is 2.42 bits per heavy atom. The summed E-state index contributed by atoms with van der Waals surface area (Å²) >= 11 is 1.07. The number of carbonyl (C=O) groups excluding carboxylic acids is 3. The molecule has 2 aromatic rings. The quantitative estimate of drug-likeness (QED) is 0.631. The number of aliphatic imine (C=N–C) groups is 1. The van der Waals surface area contributed by atoms with Crippen molar-refractivity contribution in [2.45, 2.75) is 12.2 Å². The number of methoxy groups -OCH3 is 2. The van der Waals surface area contributed by atoms with Crippen molar-refractivity contribution in [1.29, 1.82) is 0 Å². The molecule has 10 heteroatoms. The van der Waals surface area contributed by atoms with E-state index in [9.17, 15) is 14.4 Å². The molecule has 2 aromatic carbocycles. The predicted octanol–water partition coefficient (Wildman–Crippen LogP) is 3.02. The van der Waals surface area contributed by atoms with E-state index in [0.717, 1.165) is 17.3 Å². The smallest absolute Gasteiger partial charge is 0.321 e. The number of imide groups is 1. The van der Waals surface area contributed by atoms with Crippen molar-refractivity contribution in [2.75, 3.05) is 26.2 Å². The lowest BCUT2D eigenvalue weighted by atomic mass is 10.2. The van der Waals surface area contributed by atoms with Gasteiger partial charge in [-0.15, -0.1) is 0 Å². The minimum Gasteiger partial charge on any atom is -0.497 e. The highest BCUT2D eigenvalue weighted by molar-refractivity contribution is 8.15. The van der Waals surface area contributed by atoms with Gasteiger partial charge in [-0.05, 0) is 42.8 Å². The van der Waals surface area contributed by atoms with Crippen molar-refractivity contribution in [1.82, 2.24) is 10.6 Å². The van der Waals surface area contributed by atoms with Crippen LogP contribution in [0.4, 0.5) is 10.5 Å². The molecule has 0 aromatic heterocycles. The van der Waals surface area contributed by atoms with Crippen LogP contribution in [0.3, 0.4) is 0 Å². The Labute approximate surface area is 195 Å². The summed E-state index contributed by atoms with van der Waals surface area (Å²) in [6.45, 7) is 1.63. The van der Waals surface area contributed by atoms with E-state index < -0.39 is 17.2 Å². The molecule has 1 aliphatic heterocycles. The third kappa shape index (κ3) is 5.72. The summed E-state index contributed by atoms with van der Waals surface area (Å²) < 4.78 is 10.5. The van der Waals surface area contributed by atoms with Gasteiger partial charge >= 0.3 is 6.03 Å². The van der Waals surface area contributed by atoms with E-state index in [0.29, 0.717) is 22.4 Å². The fraction of sp³-hybridized carbons (Fsp3) is 0.217. The van der Waals surface area contributed by atoms with Gasteiger partial charge in [-0.2, -0.15) is 0 Å². The average molecular weight is 469 g/mol. The number of amidine groups is 1. The Hall–Kier alpha value is -3.79. The van der Waals surface area contributed by atoms with Crippen LogP contribution in [0.2, 0.25) is 0 Å². The molecule has 1 heterocycles. The van der Waals surface area contributed by atoms with Crippen molar-refractivity contribution < 1.29 is 23.9 Å². The number of anilines is 1. The Morgan fingerprint density at radius 1 is 1.09 bits per heavy atom. The molecule has 0 saturated carbocycles. The minimum absolute atomic E-state index is 0.212. The van der Waals surface area contributed by atoms with Crippen molar-refractivity contribution in [3.05, 3.63) is 59.8 Å². The lowest BCUT2D eigenvalue weighted by Gasteiger charge is -2.20. The molecule has 33 heavy (non-hydrogen) atoms. The summed E-state index contributed by atoms with van der Waals surface area (Å²) in [5, 5.41) is 4.19. The third-order valence-electron chi connectivity index (χ3n) is 4.68. The maximum Gasteiger partial charge on any atom is 0.321 e. The summed E-state index contributed by atoms with van der Waals surface area (Å²) in [6, 6.07) is 13.6. The molecular weight excluding hydrogens is 444 g/mol. The second-order valence-electron chi connectivity index (χ2n) is 6.87. The minimum atomic E-state index is -0.692. The SMILES string of the molecule is CNC(=O)NC(=O)C(C)SC1=N/C(=C\c2ccc(OC)cc2)C(=O)N1c1cccc(OC)c1. The molecule has 172 valence electrons. The van der Waals surface area contributed by atoms with Crippen molar-refractivity contribution in [2.24, 2.45) is 4.99 Å². The number of hydrogen-bond donors (Lipinski definition) is 2. The maximum absolute atomic E-state index is 13.3. The normalized spacial score (nSPS) is 15.2. The number of rotatable bonds is 6. The first-order chi connectivity index (χ1) is 15.9. The molecule has 3 rings (SSSR count). The van der Waals surface area contributed by atoms with Gasteiger partial charge in [0.1, 0.15) is 17.2 Å². The molecule has 0 spiro atoms.